The van der Waals surface area contributed by atoms with Crippen LogP contribution in [0.2, 0.25) is 0 Å². The number of nitro groups is 2. The van der Waals surface area contributed by atoms with Gasteiger partial charge in [-0.1, -0.05) is 24.3 Å². The average molecular weight is 611 g/mol. The molecule has 4 aliphatic rings. The van der Waals surface area contributed by atoms with Crippen molar-refractivity contribution in [3.05, 3.63) is 116 Å². The molecule has 2 N–H and O–H groups in total. The molecule has 0 radical (unpaired) electrons. The van der Waals surface area contributed by atoms with Crippen LogP contribution in [0.3, 0.4) is 0 Å². The van der Waals surface area contributed by atoms with Crippen molar-refractivity contribution in [3.8, 4) is 34.5 Å². The van der Waals surface area contributed by atoms with Crippen molar-refractivity contribution in [1.29, 1.82) is 0 Å². The Kier molecular flexibility index (Phi) is 6.46. The van der Waals surface area contributed by atoms with Crippen molar-refractivity contribution >= 4 is 17.2 Å². The summed E-state index contributed by atoms with van der Waals surface area (Å²) in [5.41, 5.74) is -0.618. The second kappa shape index (κ2) is 10.3. The summed E-state index contributed by atoms with van der Waals surface area (Å²) in [5.74, 6) is 0.549. The molecule has 45 heavy (non-hydrogen) atoms. The third-order valence-corrected chi connectivity index (χ3v) is 8.82. The molecular weight excluding hydrogens is 584 g/mol. The molecule has 13 nitrogen and oxygen atoms in total. The first-order chi connectivity index (χ1) is 21.6. The minimum absolute atomic E-state index is 0.144. The first kappa shape index (κ1) is 28.3. The summed E-state index contributed by atoms with van der Waals surface area (Å²) in [5, 5.41) is 41.9. The largest absolute Gasteiger partial charge is 0.502 e. The molecule has 4 aromatic carbocycles. The van der Waals surface area contributed by atoms with Crippen molar-refractivity contribution in [3.63, 3.8) is 0 Å². The van der Waals surface area contributed by atoms with E-state index in [0.717, 1.165) is 17.8 Å². The van der Waals surface area contributed by atoms with Gasteiger partial charge in [0.1, 0.15) is 23.0 Å². The lowest BCUT2D eigenvalue weighted by molar-refractivity contribution is -0.386. The van der Waals surface area contributed by atoms with Gasteiger partial charge in [-0.3, -0.25) is 34.8 Å². The van der Waals surface area contributed by atoms with E-state index in [1.54, 1.807) is 24.3 Å². The number of nitro benzene ring substituents is 2. The van der Waals surface area contributed by atoms with Gasteiger partial charge >= 0.3 is 11.4 Å². The van der Waals surface area contributed by atoms with Crippen LogP contribution in [0.25, 0.3) is 0 Å². The highest BCUT2D eigenvalue weighted by Gasteiger charge is 2.64. The molecule has 0 atom stereocenters. The molecule has 4 bridgehead atoms. The van der Waals surface area contributed by atoms with E-state index >= 15 is 0 Å². The van der Waals surface area contributed by atoms with Gasteiger partial charge in [0.25, 0.3) is 0 Å². The Morgan fingerprint density at radius 3 is 1.29 bits per heavy atom. The quantitative estimate of drug-likeness (QED) is 0.207. The number of phenolic OH excluding ortho intramolecular Hbond substituents is 2. The van der Waals surface area contributed by atoms with Crippen molar-refractivity contribution in [2.24, 2.45) is 0 Å². The lowest BCUT2D eigenvalue weighted by Gasteiger charge is -2.63. The third-order valence-electron chi connectivity index (χ3n) is 8.82. The predicted molar refractivity (Wildman–Crippen MR) is 159 cm³/mol. The summed E-state index contributed by atoms with van der Waals surface area (Å²) >= 11 is 0. The summed E-state index contributed by atoms with van der Waals surface area (Å²) in [4.78, 5) is 39.8. The SMILES string of the molecule is O=C1C2(c3ccc(Oc4ccc([N+](=O)[O-])c(O)c4)cc3)CN3CN(C2)CC1(c1ccc(Oc2ccc([N+](=O)[O-])c(O)c2)cc1)C3. The van der Waals surface area contributed by atoms with E-state index in [-0.39, 0.29) is 17.3 Å². The van der Waals surface area contributed by atoms with Gasteiger partial charge in [-0.15, -0.1) is 0 Å². The van der Waals surface area contributed by atoms with Gasteiger partial charge in [-0.25, -0.2) is 0 Å². The van der Waals surface area contributed by atoms with Gasteiger partial charge in [0.2, 0.25) is 0 Å². The van der Waals surface area contributed by atoms with Crippen LogP contribution in [-0.2, 0) is 15.6 Å². The number of carbonyl (C=O) groups is 1. The molecule has 0 amide bonds. The number of benzene rings is 4. The van der Waals surface area contributed by atoms with Crippen LogP contribution in [0.15, 0.2) is 84.9 Å². The monoisotopic (exact) mass is 610 g/mol. The van der Waals surface area contributed by atoms with E-state index in [9.17, 15) is 35.2 Å². The number of phenols is 2. The molecule has 8 rings (SSSR count). The molecule has 4 saturated heterocycles. The van der Waals surface area contributed by atoms with Gasteiger partial charge < -0.3 is 19.7 Å². The smallest absolute Gasteiger partial charge is 0.310 e. The van der Waals surface area contributed by atoms with Gasteiger partial charge in [0, 0.05) is 50.4 Å². The second-order valence-electron chi connectivity index (χ2n) is 11.7. The molecule has 0 unspecified atom stereocenters. The Morgan fingerprint density at radius 2 is 0.956 bits per heavy atom. The highest BCUT2D eigenvalue weighted by molar-refractivity contribution is 6.02. The summed E-state index contributed by atoms with van der Waals surface area (Å²) in [6.07, 6.45) is 0. The topological polar surface area (TPSA) is 169 Å². The lowest BCUT2D eigenvalue weighted by Crippen LogP contribution is -2.79. The number of piperidine rings is 2. The highest BCUT2D eigenvalue weighted by Crippen LogP contribution is 2.49. The van der Waals surface area contributed by atoms with Crippen LogP contribution in [0.1, 0.15) is 11.1 Å². The minimum atomic E-state index is -0.760. The van der Waals surface area contributed by atoms with Crippen molar-refractivity contribution in [2.75, 3.05) is 32.8 Å². The van der Waals surface area contributed by atoms with Crippen LogP contribution in [0, 0.1) is 20.2 Å². The van der Waals surface area contributed by atoms with E-state index in [1.165, 1.54) is 36.4 Å². The van der Waals surface area contributed by atoms with Gasteiger partial charge in [0.15, 0.2) is 17.3 Å². The number of nitrogens with zero attached hydrogens (tertiary/aromatic N) is 4. The fraction of sp³-hybridized carbons (Fsp3) is 0.219. The number of ether oxygens (including phenoxy) is 2. The van der Waals surface area contributed by atoms with E-state index < -0.39 is 43.6 Å². The number of ketones is 1. The molecule has 228 valence electrons. The molecule has 4 fully saturated rings. The zero-order valence-corrected chi connectivity index (χ0v) is 23.7. The van der Waals surface area contributed by atoms with Crippen LogP contribution in [-0.4, -0.2) is 68.5 Å². The molecule has 0 aliphatic carbocycles. The summed E-state index contributed by atoms with van der Waals surface area (Å²) in [7, 11) is 0. The van der Waals surface area contributed by atoms with Crippen LogP contribution < -0.4 is 9.47 Å². The standard InChI is InChI=1S/C32H26N4O9/c37-28-13-24(9-11-26(28)35(40)41)44-22-5-1-20(2-6-22)31-15-33-17-32(30(31)39,18-34(16-31)19-33)21-3-7-23(8-4-21)45-25-10-12-27(36(42)43)29(38)14-25/h1-14,37-38H,15-19H2. The van der Waals surface area contributed by atoms with Crippen LogP contribution in [0.4, 0.5) is 11.4 Å². The summed E-state index contributed by atoms with van der Waals surface area (Å²) < 4.78 is 11.6. The van der Waals surface area contributed by atoms with Crippen molar-refractivity contribution in [2.45, 2.75) is 10.8 Å². The second-order valence-corrected chi connectivity index (χ2v) is 11.7. The highest BCUT2D eigenvalue weighted by atomic mass is 16.6. The van der Waals surface area contributed by atoms with Crippen molar-refractivity contribution < 1.29 is 34.3 Å². The van der Waals surface area contributed by atoms with Crippen LogP contribution in [0.5, 0.6) is 34.5 Å². The Hall–Kier alpha value is -5.53. The number of carbonyl (C=O) groups excluding carboxylic acids is 1. The molecule has 13 heteroatoms. The van der Waals surface area contributed by atoms with Gasteiger partial charge in [-0.2, -0.15) is 0 Å². The number of Topliss-reactive ketones (excluding diaryl/α,β-unsaturated/α-hetero) is 1. The van der Waals surface area contributed by atoms with Crippen molar-refractivity contribution in [1.82, 2.24) is 9.80 Å². The first-order valence-electron chi connectivity index (χ1n) is 14.1. The van der Waals surface area contributed by atoms with Crippen LogP contribution >= 0.6 is 0 Å². The Bertz CT molecular complexity index is 1710. The average Bonchev–Trinajstić information content (AvgIpc) is 3.00. The van der Waals surface area contributed by atoms with E-state index in [2.05, 4.69) is 9.80 Å². The maximum Gasteiger partial charge on any atom is 0.310 e. The molecular formula is C32H26N4O9. The fourth-order valence-corrected chi connectivity index (χ4v) is 6.99. The summed E-state index contributed by atoms with van der Waals surface area (Å²) in [6, 6.07) is 22.0. The van der Waals surface area contributed by atoms with E-state index in [0.29, 0.717) is 37.7 Å². The zero-order valence-electron chi connectivity index (χ0n) is 23.7. The number of aromatic hydroxyl groups is 2. The maximum atomic E-state index is 14.5. The molecule has 4 aromatic rings. The molecule has 0 spiro atoms. The Balaban J connectivity index is 1.13. The van der Waals surface area contributed by atoms with E-state index in [4.69, 9.17) is 9.47 Å². The fourth-order valence-electron chi connectivity index (χ4n) is 6.99. The lowest BCUT2D eigenvalue weighted by atomic mass is 9.56. The normalized spacial score (nSPS) is 24.8. The van der Waals surface area contributed by atoms with Gasteiger partial charge in [-0.05, 0) is 47.5 Å². The maximum absolute atomic E-state index is 14.5. The zero-order chi connectivity index (χ0) is 31.5. The third kappa shape index (κ3) is 4.69. The number of rotatable bonds is 8. The molecule has 0 aromatic heterocycles. The predicted octanol–water partition coefficient (Wildman–Crippen LogP) is 4.85. The Morgan fingerprint density at radius 1 is 0.600 bits per heavy atom. The summed E-state index contributed by atoms with van der Waals surface area (Å²) in [6.45, 7) is 3.12. The number of hydrogen-bond acceptors (Lipinski definition) is 11. The molecule has 4 heterocycles. The molecule has 4 aliphatic heterocycles. The van der Waals surface area contributed by atoms with E-state index in [1.807, 2.05) is 24.3 Å². The van der Waals surface area contributed by atoms with Gasteiger partial charge in [0.05, 0.1) is 27.3 Å². The Labute approximate surface area is 255 Å². The molecule has 0 saturated carbocycles. The first-order valence-corrected chi connectivity index (χ1v) is 14.1. The minimum Gasteiger partial charge on any atom is -0.502 e. The number of hydrogen-bond donors (Lipinski definition) is 2.